The molecule has 0 N–H and O–H groups in total. The molecule has 1 aliphatic rings. The molecule has 1 atom stereocenters. The van der Waals surface area contributed by atoms with Crippen molar-refractivity contribution in [2.24, 2.45) is 13.0 Å². The van der Waals surface area contributed by atoms with Crippen molar-refractivity contribution in [2.45, 2.75) is 19.9 Å². The fourth-order valence-corrected chi connectivity index (χ4v) is 3.24. The molecular weight excluding hydrogens is 316 g/mol. The number of aryl methyl sites for hydroxylation is 1. The number of hydrogen-bond acceptors (Lipinski definition) is 4. The van der Waals surface area contributed by atoms with E-state index >= 15 is 0 Å². The zero-order chi connectivity index (χ0) is 17.8. The van der Waals surface area contributed by atoms with Gasteiger partial charge in [0.15, 0.2) is 0 Å². The third-order valence-corrected chi connectivity index (χ3v) is 4.77. The summed E-state index contributed by atoms with van der Waals surface area (Å²) >= 11 is 0. The van der Waals surface area contributed by atoms with E-state index in [9.17, 15) is 9.59 Å². The van der Waals surface area contributed by atoms with Gasteiger partial charge in [-0.3, -0.25) is 9.59 Å². The first-order chi connectivity index (χ1) is 12.1. The van der Waals surface area contributed by atoms with Gasteiger partial charge in [-0.05, 0) is 18.9 Å². The first-order valence-electron chi connectivity index (χ1n) is 8.69. The van der Waals surface area contributed by atoms with Gasteiger partial charge in [0.1, 0.15) is 0 Å². The normalized spacial score (nSPS) is 16.9. The van der Waals surface area contributed by atoms with Crippen LogP contribution in [0.15, 0.2) is 47.4 Å². The van der Waals surface area contributed by atoms with Crippen molar-refractivity contribution < 1.29 is 4.79 Å². The molecule has 6 heteroatoms. The Morgan fingerprint density at radius 1 is 1.32 bits per heavy atom. The molecule has 132 valence electrons. The zero-order valence-electron chi connectivity index (χ0n) is 14.8. The van der Waals surface area contributed by atoms with Crippen molar-refractivity contribution in [1.82, 2.24) is 14.7 Å². The second-order valence-corrected chi connectivity index (χ2v) is 6.45. The first kappa shape index (κ1) is 17.2. The van der Waals surface area contributed by atoms with Crippen molar-refractivity contribution in [3.05, 3.63) is 58.5 Å². The Kier molecular flexibility index (Phi) is 5.16. The summed E-state index contributed by atoms with van der Waals surface area (Å²) in [6, 6.07) is 11.6. The highest BCUT2D eigenvalue weighted by atomic mass is 16.2. The minimum absolute atomic E-state index is 0.0345. The van der Waals surface area contributed by atoms with Crippen molar-refractivity contribution in [3.8, 4) is 0 Å². The Morgan fingerprint density at radius 3 is 2.76 bits per heavy atom. The molecule has 0 saturated carbocycles. The topological polar surface area (TPSA) is 58.4 Å². The summed E-state index contributed by atoms with van der Waals surface area (Å²) in [4.78, 5) is 28.7. The van der Waals surface area contributed by atoms with Crippen molar-refractivity contribution in [1.29, 1.82) is 0 Å². The number of hydrogen-bond donors (Lipinski definition) is 0. The van der Waals surface area contributed by atoms with Gasteiger partial charge in [0.25, 0.3) is 5.56 Å². The maximum Gasteiger partial charge on any atom is 0.268 e. The highest BCUT2D eigenvalue weighted by Crippen LogP contribution is 2.24. The number of anilines is 1. The Hall–Kier alpha value is -2.63. The molecule has 0 spiro atoms. The highest BCUT2D eigenvalue weighted by Gasteiger charge is 2.31. The number of carbonyl (C=O) groups is 1. The predicted molar refractivity (Wildman–Crippen MR) is 97.3 cm³/mol. The predicted octanol–water partition coefficient (Wildman–Crippen LogP) is 1.66. The number of amides is 1. The third kappa shape index (κ3) is 3.90. The first-order valence-corrected chi connectivity index (χ1v) is 8.69. The molecule has 1 amide bonds. The number of rotatable bonds is 5. The molecule has 1 aliphatic heterocycles. The largest absolute Gasteiger partial charge is 0.369 e. The van der Waals surface area contributed by atoms with Crippen molar-refractivity contribution in [3.63, 3.8) is 0 Å². The number of carbonyl (C=O) groups excluding carboxylic acids is 1. The summed E-state index contributed by atoms with van der Waals surface area (Å²) in [5.74, 6) is 0.151. The smallest absolute Gasteiger partial charge is 0.268 e. The van der Waals surface area contributed by atoms with E-state index in [-0.39, 0.29) is 17.4 Å². The molecule has 0 radical (unpaired) electrons. The summed E-state index contributed by atoms with van der Waals surface area (Å²) < 4.78 is 1.31. The molecule has 0 aliphatic carbocycles. The average molecular weight is 340 g/mol. The van der Waals surface area contributed by atoms with Crippen LogP contribution in [-0.4, -0.2) is 40.2 Å². The zero-order valence-corrected chi connectivity index (χ0v) is 14.8. The molecule has 2 aromatic rings. The van der Waals surface area contributed by atoms with Gasteiger partial charge in [-0.1, -0.05) is 30.3 Å². The van der Waals surface area contributed by atoms with Gasteiger partial charge < -0.3 is 9.80 Å². The minimum atomic E-state index is -0.133. The van der Waals surface area contributed by atoms with Crippen LogP contribution in [0.3, 0.4) is 0 Å². The SMILES string of the molecule is CCN(Cc1ccccc1)C(=O)C1CCN(c2cnn(C)c(=O)c2)C1. The van der Waals surface area contributed by atoms with Gasteiger partial charge in [-0.15, -0.1) is 0 Å². The molecule has 0 bridgehead atoms. The minimum Gasteiger partial charge on any atom is -0.369 e. The van der Waals surface area contributed by atoms with E-state index in [0.717, 1.165) is 24.2 Å². The lowest BCUT2D eigenvalue weighted by atomic mass is 10.1. The van der Waals surface area contributed by atoms with Crippen LogP contribution in [0.2, 0.25) is 0 Å². The molecule has 1 aromatic carbocycles. The van der Waals surface area contributed by atoms with Gasteiger partial charge in [0.2, 0.25) is 5.91 Å². The summed E-state index contributed by atoms with van der Waals surface area (Å²) in [5, 5.41) is 4.07. The molecule has 1 aromatic heterocycles. The quantitative estimate of drug-likeness (QED) is 0.830. The van der Waals surface area contributed by atoms with Gasteiger partial charge in [-0.2, -0.15) is 5.10 Å². The van der Waals surface area contributed by atoms with E-state index in [2.05, 4.69) is 10.00 Å². The van der Waals surface area contributed by atoms with Crippen LogP contribution in [0, 0.1) is 5.92 Å². The van der Waals surface area contributed by atoms with E-state index < -0.39 is 0 Å². The van der Waals surface area contributed by atoms with Gasteiger partial charge in [0, 0.05) is 39.3 Å². The molecule has 6 nitrogen and oxygen atoms in total. The molecule has 2 heterocycles. The van der Waals surface area contributed by atoms with Crippen LogP contribution in [0.1, 0.15) is 18.9 Å². The van der Waals surface area contributed by atoms with E-state index in [1.54, 1.807) is 19.3 Å². The van der Waals surface area contributed by atoms with E-state index in [0.29, 0.717) is 19.6 Å². The fraction of sp³-hybridized carbons (Fsp3) is 0.421. The summed E-state index contributed by atoms with van der Waals surface area (Å²) in [6.45, 7) is 4.75. The Labute approximate surface area is 147 Å². The summed E-state index contributed by atoms with van der Waals surface area (Å²) in [6.07, 6.45) is 2.50. The number of nitrogens with zero attached hydrogens (tertiary/aromatic N) is 4. The lowest BCUT2D eigenvalue weighted by Gasteiger charge is -2.25. The average Bonchev–Trinajstić information content (AvgIpc) is 3.12. The third-order valence-electron chi connectivity index (χ3n) is 4.77. The molecule has 25 heavy (non-hydrogen) atoms. The number of aromatic nitrogens is 2. The molecule has 1 unspecified atom stereocenters. The lowest BCUT2D eigenvalue weighted by molar-refractivity contribution is -0.135. The van der Waals surface area contributed by atoms with E-state index in [4.69, 9.17) is 0 Å². The highest BCUT2D eigenvalue weighted by molar-refractivity contribution is 5.80. The van der Waals surface area contributed by atoms with Crippen LogP contribution in [0.25, 0.3) is 0 Å². The second kappa shape index (κ2) is 7.51. The lowest BCUT2D eigenvalue weighted by Crippen LogP contribution is -2.37. The van der Waals surface area contributed by atoms with Crippen LogP contribution in [-0.2, 0) is 18.4 Å². The van der Waals surface area contributed by atoms with Gasteiger partial charge in [-0.25, -0.2) is 4.68 Å². The maximum atomic E-state index is 12.9. The van der Waals surface area contributed by atoms with Crippen molar-refractivity contribution in [2.75, 3.05) is 24.5 Å². The Bertz CT molecular complexity index is 788. The van der Waals surface area contributed by atoms with Gasteiger partial charge >= 0.3 is 0 Å². The molecule has 1 fully saturated rings. The Balaban J connectivity index is 1.66. The second-order valence-electron chi connectivity index (χ2n) is 6.45. The van der Waals surface area contributed by atoms with Crippen LogP contribution in [0.4, 0.5) is 5.69 Å². The van der Waals surface area contributed by atoms with Gasteiger partial charge in [0.05, 0.1) is 17.8 Å². The monoisotopic (exact) mass is 340 g/mol. The molecule has 1 saturated heterocycles. The summed E-state index contributed by atoms with van der Waals surface area (Å²) in [7, 11) is 1.63. The van der Waals surface area contributed by atoms with Crippen LogP contribution in [0.5, 0.6) is 0 Å². The standard InChI is InChI=1S/C19H24N4O2/c1-3-22(13-15-7-5-4-6-8-15)19(25)16-9-10-23(14-16)17-11-18(24)21(2)20-12-17/h4-8,11-12,16H,3,9-10,13-14H2,1-2H3. The molecular formula is C19H24N4O2. The summed E-state index contributed by atoms with van der Waals surface area (Å²) in [5.41, 5.74) is 1.80. The van der Waals surface area contributed by atoms with Crippen LogP contribution < -0.4 is 10.5 Å². The van der Waals surface area contributed by atoms with Crippen molar-refractivity contribution >= 4 is 11.6 Å². The van der Waals surface area contributed by atoms with Crippen LogP contribution >= 0.6 is 0 Å². The number of benzene rings is 1. The Morgan fingerprint density at radius 2 is 2.08 bits per heavy atom. The van der Waals surface area contributed by atoms with E-state index in [1.165, 1.54) is 4.68 Å². The maximum absolute atomic E-state index is 12.9. The molecule has 3 rings (SSSR count). The van der Waals surface area contributed by atoms with E-state index in [1.807, 2.05) is 42.2 Å². The fourth-order valence-electron chi connectivity index (χ4n) is 3.24.